The lowest BCUT2D eigenvalue weighted by molar-refractivity contribution is -0.00899. The molecule has 4 heteroatoms. The Kier molecular flexibility index (Phi) is 2.46. The van der Waals surface area contributed by atoms with Crippen molar-refractivity contribution >= 4 is 5.69 Å². The number of anilines is 1. The van der Waals surface area contributed by atoms with Crippen molar-refractivity contribution in [3.63, 3.8) is 0 Å². The van der Waals surface area contributed by atoms with E-state index in [1.54, 1.807) is 4.68 Å². The van der Waals surface area contributed by atoms with E-state index in [9.17, 15) is 4.79 Å². The molecule has 4 saturated carbocycles. The second-order valence-electron chi connectivity index (χ2n) is 7.50. The fourth-order valence-corrected chi connectivity index (χ4v) is 6.06. The van der Waals surface area contributed by atoms with Gasteiger partial charge in [-0.3, -0.25) is 9.48 Å². The summed E-state index contributed by atoms with van der Waals surface area (Å²) in [5, 5.41) is 0. The van der Waals surface area contributed by atoms with Gasteiger partial charge in [0.2, 0.25) is 0 Å². The number of rotatable bonds is 2. The molecule has 4 nitrogen and oxygen atoms in total. The summed E-state index contributed by atoms with van der Waals surface area (Å²) in [5.41, 5.74) is 8.14. The van der Waals surface area contributed by atoms with Gasteiger partial charge in [0.25, 0.3) is 5.56 Å². The Hall–Kier alpha value is -1.19. The van der Waals surface area contributed by atoms with E-state index in [2.05, 4.69) is 4.68 Å². The summed E-state index contributed by atoms with van der Waals surface area (Å²) in [6.07, 6.45) is 8.02. The van der Waals surface area contributed by atoms with Crippen LogP contribution in [0.5, 0.6) is 0 Å². The molecule has 0 saturated heterocycles. The molecule has 20 heavy (non-hydrogen) atoms. The minimum absolute atomic E-state index is 0.0146. The number of hydrogen-bond donors (Lipinski definition) is 1. The molecule has 1 heterocycles. The van der Waals surface area contributed by atoms with Crippen LogP contribution in [-0.2, 0) is 19.0 Å². The van der Waals surface area contributed by atoms with Gasteiger partial charge in [-0.2, -0.15) is 0 Å². The molecule has 1 aromatic heterocycles. The largest absolute Gasteiger partial charge is 0.393 e. The third-order valence-electron chi connectivity index (χ3n) is 6.25. The molecule has 110 valence electrons. The summed E-state index contributed by atoms with van der Waals surface area (Å²) in [4.78, 5) is 12.4. The lowest BCUT2D eigenvalue weighted by atomic mass is 9.48. The molecule has 4 aliphatic rings. The average Bonchev–Trinajstić information content (AvgIpc) is 2.58. The smallest absolute Gasteiger partial charge is 0.290 e. The van der Waals surface area contributed by atoms with E-state index in [1.165, 1.54) is 38.5 Å². The first-order chi connectivity index (χ1) is 9.54. The Labute approximate surface area is 119 Å². The van der Waals surface area contributed by atoms with Gasteiger partial charge in [0.05, 0.1) is 5.69 Å². The van der Waals surface area contributed by atoms with E-state index in [0.717, 1.165) is 23.4 Å². The van der Waals surface area contributed by atoms with Gasteiger partial charge in [-0.1, -0.05) is 0 Å². The second-order valence-corrected chi connectivity index (χ2v) is 7.50. The van der Waals surface area contributed by atoms with Crippen molar-refractivity contribution in [2.75, 3.05) is 5.73 Å². The predicted octanol–water partition coefficient (Wildman–Crippen LogP) is 2.26. The van der Waals surface area contributed by atoms with E-state index in [-0.39, 0.29) is 11.0 Å². The average molecular weight is 275 g/mol. The summed E-state index contributed by atoms with van der Waals surface area (Å²) < 4.78 is 3.87. The zero-order valence-corrected chi connectivity index (χ0v) is 12.6. The van der Waals surface area contributed by atoms with E-state index >= 15 is 0 Å². The molecule has 5 rings (SSSR count). The molecule has 0 atom stereocenters. The summed E-state index contributed by atoms with van der Waals surface area (Å²) in [6, 6.07) is 0. The predicted molar refractivity (Wildman–Crippen MR) is 79.6 cm³/mol. The first-order valence-electron chi connectivity index (χ1n) is 8.10. The highest BCUT2D eigenvalue weighted by molar-refractivity contribution is 5.47. The maximum atomic E-state index is 12.4. The van der Waals surface area contributed by atoms with Gasteiger partial charge in [-0.05, 0) is 63.2 Å². The van der Waals surface area contributed by atoms with Crippen LogP contribution in [0.1, 0.15) is 51.1 Å². The van der Waals surface area contributed by atoms with Crippen molar-refractivity contribution in [2.24, 2.45) is 24.8 Å². The van der Waals surface area contributed by atoms with Gasteiger partial charge in [-0.25, -0.2) is 4.68 Å². The zero-order chi connectivity index (χ0) is 14.1. The van der Waals surface area contributed by atoms with Crippen LogP contribution in [-0.4, -0.2) is 9.36 Å². The van der Waals surface area contributed by atoms with Gasteiger partial charge in [0, 0.05) is 19.0 Å². The molecular formula is C16H25N3O. The highest BCUT2D eigenvalue weighted by Crippen LogP contribution is 2.61. The maximum Gasteiger partial charge on any atom is 0.290 e. The van der Waals surface area contributed by atoms with E-state index in [4.69, 9.17) is 5.73 Å². The topological polar surface area (TPSA) is 52.9 Å². The number of nitrogens with two attached hydrogens (primary N) is 1. The Morgan fingerprint density at radius 1 is 1.15 bits per heavy atom. The summed E-state index contributed by atoms with van der Waals surface area (Å²) in [6.45, 7) is 2.72. The number of hydrogen-bond acceptors (Lipinski definition) is 2. The fourth-order valence-electron chi connectivity index (χ4n) is 6.06. The van der Waals surface area contributed by atoms with Crippen LogP contribution in [0, 0.1) is 17.8 Å². The van der Waals surface area contributed by atoms with Crippen molar-refractivity contribution in [2.45, 2.75) is 57.4 Å². The number of nitrogen functional groups attached to an aromatic ring is 1. The van der Waals surface area contributed by atoms with Crippen molar-refractivity contribution in [3.8, 4) is 0 Å². The molecule has 0 aliphatic heterocycles. The third kappa shape index (κ3) is 1.45. The molecule has 4 aliphatic carbocycles. The molecule has 0 unspecified atom stereocenters. The van der Waals surface area contributed by atoms with Crippen LogP contribution in [0.3, 0.4) is 0 Å². The molecule has 0 radical (unpaired) electrons. The molecule has 0 amide bonds. The van der Waals surface area contributed by atoms with E-state index < -0.39 is 0 Å². The van der Waals surface area contributed by atoms with Crippen molar-refractivity contribution in [1.29, 1.82) is 0 Å². The molecule has 2 N–H and O–H groups in total. The Balaban J connectivity index is 1.87. The Morgan fingerprint density at radius 2 is 1.65 bits per heavy atom. The van der Waals surface area contributed by atoms with Crippen LogP contribution in [0.2, 0.25) is 0 Å². The summed E-state index contributed by atoms with van der Waals surface area (Å²) in [5.74, 6) is 2.63. The van der Waals surface area contributed by atoms with Gasteiger partial charge < -0.3 is 5.73 Å². The normalized spacial score (nSPS) is 38.6. The lowest BCUT2D eigenvalue weighted by Crippen LogP contribution is -2.49. The molecule has 1 aromatic rings. The first kappa shape index (κ1) is 12.5. The van der Waals surface area contributed by atoms with Crippen LogP contribution in [0.15, 0.2) is 4.79 Å². The highest BCUT2D eigenvalue weighted by atomic mass is 16.1. The van der Waals surface area contributed by atoms with Crippen LogP contribution < -0.4 is 11.3 Å². The van der Waals surface area contributed by atoms with Crippen LogP contribution in [0.4, 0.5) is 5.69 Å². The van der Waals surface area contributed by atoms with E-state index in [1.807, 2.05) is 14.0 Å². The van der Waals surface area contributed by atoms with Gasteiger partial charge >= 0.3 is 0 Å². The minimum atomic E-state index is 0.0146. The van der Waals surface area contributed by atoms with Crippen molar-refractivity contribution < 1.29 is 0 Å². The molecule has 4 bridgehead atoms. The zero-order valence-electron chi connectivity index (χ0n) is 12.6. The number of aromatic nitrogens is 2. The van der Waals surface area contributed by atoms with Crippen LogP contribution >= 0.6 is 0 Å². The first-order valence-corrected chi connectivity index (χ1v) is 8.10. The SMILES string of the molecule is CCn1c(=O)c(N)c(C23CC4CC(CC(C4)C2)C3)n1C. The van der Waals surface area contributed by atoms with Crippen molar-refractivity contribution in [3.05, 3.63) is 16.0 Å². The lowest BCUT2D eigenvalue weighted by Gasteiger charge is -2.56. The maximum absolute atomic E-state index is 12.4. The quantitative estimate of drug-likeness (QED) is 0.900. The van der Waals surface area contributed by atoms with Crippen LogP contribution in [0.25, 0.3) is 0 Å². The molecule has 0 aromatic carbocycles. The minimum Gasteiger partial charge on any atom is -0.393 e. The third-order valence-corrected chi connectivity index (χ3v) is 6.25. The fraction of sp³-hybridized carbons (Fsp3) is 0.812. The second kappa shape index (κ2) is 3.92. The van der Waals surface area contributed by atoms with Gasteiger partial charge in [0.1, 0.15) is 5.69 Å². The molecule has 0 spiro atoms. The van der Waals surface area contributed by atoms with Gasteiger partial charge in [-0.15, -0.1) is 0 Å². The van der Waals surface area contributed by atoms with Gasteiger partial charge in [0.15, 0.2) is 0 Å². The highest BCUT2D eigenvalue weighted by Gasteiger charge is 2.53. The number of nitrogens with zero attached hydrogens (tertiary/aromatic N) is 2. The summed E-state index contributed by atoms with van der Waals surface area (Å²) in [7, 11) is 2.02. The summed E-state index contributed by atoms with van der Waals surface area (Å²) >= 11 is 0. The standard InChI is InChI=1S/C16H25N3O/c1-3-19-15(20)13(17)14(18(19)2)16-7-10-4-11(8-16)6-12(5-10)9-16/h10-12H,3-9,17H2,1-2H3. The molecular weight excluding hydrogens is 250 g/mol. The monoisotopic (exact) mass is 275 g/mol. The van der Waals surface area contributed by atoms with Crippen molar-refractivity contribution in [1.82, 2.24) is 9.36 Å². The Bertz CT molecular complexity index is 575. The Morgan fingerprint density at radius 3 is 2.05 bits per heavy atom. The van der Waals surface area contributed by atoms with E-state index in [0.29, 0.717) is 12.2 Å². The molecule has 4 fully saturated rings.